The number of likely N-dealkylation sites (N-methyl/N-ethyl adjacent to an activating group) is 1. The third-order valence-corrected chi connectivity index (χ3v) is 6.26. The number of anilines is 1. The van der Waals surface area contributed by atoms with Crippen LogP contribution in [0.4, 0.5) is 5.95 Å². The van der Waals surface area contributed by atoms with Gasteiger partial charge in [-0.25, -0.2) is 4.98 Å². The van der Waals surface area contributed by atoms with Gasteiger partial charge in [-0.2, -0.15) is 0 Å². The molecule has 0 spiro atoms. The van der Waals surface area contributed by atoms with Crippen LogP contribution in [0, 0.1) is 6.92 Å². The van der Waals surface area contributed by atoms with E-state index in [0.29, 0.717) is 41.7 Å². The fourth-order valence-corrected chi connectivity index (χ4v) is 4.58. The number of pyridine rings is 1. The van der Waals surface area contributed by atoms with Crippen molar-refractivity contribution >= 4 is 40.4 Å². The van der Waals surface area contributed by atoms with E-state index >= 15 is 0 Å². The number of hydrogen-bond donors (Lipinski definition) is 2. The molecule has 9 heteroatoms. The van der Waals surface area contributed by atoms with Crippen LogP contribution in [0.5, 0.6) is 0 Å². The molecule has 2 aromatic heterocycles. The third kappa shape index (κ3) is 5.29. The summed E-state index contributed by atoms with van der Waals surface area (Å²) in [5, 5.41) is 6.54. The van der Waals surface area contributed by atoms with Crippen molar-refractivity contribution in [2.45, 2.75) is 32.2 Å². The SMILES string of the molecule is CNCC=CC(=O)N1CCCCC(n2c(NC(=O)c3ccnc(C)c3)nc3cccc(Cl)c32)C1. The summed E-state index contributed by atoms with van der Waals surface area (Å²) < 4.78 is 1.99. The molecular formula is C25H29ClN6O2. The van der Waals surface area contributed by atoms with Crippen LogP contribution in [0.3, 0.4) is 0 Å². The summed E-state index contributed by atoms with van der Waals surface area (Å²) in [5.74, 6) is 0.137. The number of fused-ring (bicyclic) bond motifs is 1. The van der Waals surface area contributed by atoms with Crippen LogP contribution >= 0.6 is 11.6 Å². The zero-order valence-corrected chi connectivity index (χ0v) is 20.2. The molecule has 1 aliphatic heterocycles. The minimum atomic E-state index is -0.269. The molecule has 2 N–H and O–H groups in total. The predicted molar refractivity (Wildman–Crippen MR) is 134 cm³/mol. The highest BCUT2D eigenvalue weighted by molar-refractivity contribution is 6.35. The van der Waals surface area contributed by atoms with Crippen molar-refractivity contribution in [1.29, 1.82) is 0 Å². The fourth-order valence-electron chi connectivity index (χ4n) is 4.32. The van der Waals surface area contributed by atoms with Gasteiger partial charge in [0.25, 0.3) is 5.91 Å². The van der Waals surface area contributed by atoms with E-state index in [1.165, 1.54) is 0 Å². The van der Waals surface area contributed by atoms with Crippen molar-refractivity contribution in [2.24, 2.45) is 0 Å². The highest BCUT2D eigenvalue weighted by Gasteiger charge is 2.27. The molecule has 3 heterocycles. The first-order chi connectivity index (χ1) is 16.5. The molecule has 8 nitrogen and oxygen atoms in total. The van der Waals surface area contributed by atoms with Crippen LogP contribution in [0.2, 0.25) is 5.02 Å². The molecule has 3 aromatic rings. The number of carbonyl (C=O) groups excluding carboxylic acids is 2. The first-order valence-corrected chi connectivity index (χ1v) is 11.9. The number of imidazole rings is 1. The molecule has 0 saturated carbocycles. The minimum absolute atomic E-state index is 0.0180. The van der Waals surface area contributed by atoms with E-state index in [9.17, 15) is 9.59 Å². The molecule has 0 aliphatic carbocycles. The first kappa shape index (κ1) is 23.9. The summed E-state index contributed by atoms with van der Waals surface area (Å²) in [6.07, 6.45) is 7.77. The Kier molecular flexibility index (Phi) is 7.59. The third-order valence-electron chi connectivity index (χ3n) is 5.95. The normalized spacial score (nSPS) is 16.7. The van der Waals surface area contributed by atoms with E-state index in [1.54, 1.807) is 24.4 Å². The fraction of sp³-hybridized carbons (Fsp3) is 0.360. The van der Waals surface area contributed by atoms with Crippen LogP contribution in [0.1, 0.15) is 41.4 Å². The van der Waals surface area contributed by atoms with Crippen LogP contribution < -0.4 is 10.6 Å². The molecule has 2 amide bonds. The lowest BCUT2D eigenvalue weighted by Crippen LogP contribution is -2.34. The van der Waals surface area contributed by atoms with E-state index < -0.39 is 0 Å². The van der Waals surface area contributed by atoms with E-state index in [2.05, 4.69) is 15.6 Å². The number of amides is 2. The van der Waals surface area contributed by atoms with Gasteiger partial charge in [-0.3, -0.25) is 19.9 Å². The molecule has 178 valence electrons. The molecule has 34 heavy (non-hydrogen) atoms. The summed E-state index contributed by atoms with van der Waals surface area (Å²) in [4.78, 5) is 36.6. The Morgan fingerprint density at radius 2 is 2.12 bits per heavy atom. The van der Waals surface area contributed by atoms with E-state index in [4.69, 9.17) is 16.6 Å². The van der Waals surface area contributed by atoms with Crippen LogP contribution in [-0.4, -0.2) is 57.9 Å². The number of benzene rings is 1. The van der Waals surface area contributed by atoms with Gasteiger partial charge in [0.1, 0.15) is 0 Å². The average molecular weight is 481 g/mol. The lowest BCUT2D eigenvalue weighted by molar-refractivity contribution is -0.126. The molecule has 1 fully saturated rings. The topological polar surface area (TPSA) is 92.2 Å². The monoisotopic (exact) mass is 480 g/mol. The first-order valence-electron chi connectivity index (χ1n) is 11.5. The van der Waals surface area contributed by atoms with Crippen molar-refractivity contribution in [1.82, 2.24) is 24.8 Å². The van der Waals surface area contributed by atoms with Gasteiger partial charge in [-0.15, -0.1) is 0 Å². The molecule has 1 unspecified atom stereocenters. The predicted octanol–water partition coefficient (Wildman–Crippen LogP) is 3.97. The van der Waals surface area contributed by atoms with Gasteiger partial charge in [0.15, 0.2) is 0 Å². The van der Waals surface area contributed by atoms with Crippen LogP contribution in [0.25, 0.3) is 11.0 Å². The van der Waals surface area contributed by atoms with Gasteiger partial charge in [0.05, 0.1) is 22.1 Å². The van der Waals surface area contributed by atoms with Crippen molar-refractivity contribution in [3.63, 3.8) is 0 Å². The van der Waals surface area contributed by atoms with Crippen molar-refractivity contribution < 1.29 is 9.59 Å². The number of hydrogen-bond acceptors (Lipinski definition) is 5. The lowest BCUT2D eigenvalue weighted by atomic mass is 10.1. The maximum atomic E-state index is 13.0. The second-order valence-corrected chi connectivity index (χ2v) is 8.85. The van der Waals surface area contributed by atoms with E-state index in [-0.39, 0.29) is 17.9 Å². The minimum Gasteiger partial charge on any atom is -0.337 e. The summed E-state index contributed by atoms with van der Waals surface area (Å²) >= 11 is 6.61. The summed E-state index contributed by atoms with van der Waals surface area (Å²) in [5.41, 5.74) is 2.72. The number of carbonyl (C=O) groups is 2. The largest absolute Gasteiger partial charge is 0.337 e. The number of rotatable bonds is 6. The van der Waals surface area contributed by atoms with Gasteiger partial charge in [-0.1, -0.05) is 23.7 Å². The summed E-state index contributed by atoms with van der Waals surface area (Å²) in [6, 6.07) is 8.87. The average Bonchev–Trinajstić information content (AvgIpc) is 3.01. The van der Waals surface area contributed by atoms with E-state index in [0.717, 1.165) is 30.5 Å². The number of aromatic nitrogens is 3. The second kappa shape index (κ2) is 10.8. The molecule has 4 rings (SSSR count). The van der Waals surface area contributed by atoms with Gasteiger partial charge in [0, 0.05) is 43.2 Å². The molecular weight excluding hydrogens is 452 g/mol. The maximum Gasteiger partial charge on any atom is 0.258 e. The Morgan fingerprint density at radius 3 is 2.91 bits per heavy atom. The highest BCUT2D eigenvalue weighted by Crippen LogP contribution is 2.34. The van der Waals surface area contributed by atoms with Gasteiger partial charge in [-0.05, 0) is 57.5 Å². The highest BCUT2D eigenvalue weighted by atomic mass is 35.5. The molecule has 1 aromatic carbocycles. The Balaban J connectivity index is 1.70. The Labute approximate surface area is 204 Å². The number of nitrogens with zero attached hydrogens (tertiary/aromatic N) is 4. The molecule has 0 radical (unpaired) electrons. The molecule has 1 aliphatic rings. The van der Waals surface area contributed by atoms with Gasteiger partial charge >= 0.3 is 0 Å². The molecule has 0 bridgehead atoms. The number of aryl methyl sites for hydroxylation is 1. The smallest absolute Gasteiger partial charge is 0.258 e. The Hall–Kier alpha value is -3.23. The summed E-state index contributed by atoms with van der Waals surface area (Å²) in [6.45, 7) is 3.68. The molecule has 1 atom stereocenters. The number of likely N-dealkylation sites (tertiary alicyclic amines) is 1. The zero-order chi connectivity index (χ0) is 24.1. The maximum absolute atomic E-state index is 13.0. The van der Waals surface area contributed by atoms with Crippen molar-refractivity contribution in [3.8, 4) is 0 Å². The molecule has 1 saturated heterocycles. The van der Waals surface area contributed by atoms with Crippen LogP contribution in [0.15, 0.2) is 48.7 Å². The lowest BCUT2D eigenvalue weighted by Gasteiger charge is -2.26. The van der Waals surface area contributed by atoms with E-state index in [1.807, 2.05) is 47.7 Å². The Morgan fingerprint density at radius 1 is 1.26 bits per heavy atom. The zero-order valence-electron chi connectivity index (χ0n) is 19.4. The second-order valence-electron chi connectivity index (χ2n) is 8.45. The standard InChI is InChI=1S/C25H29ClN6O2/c1-17-15-18(11-13-28-17)24(34)30-25-29-21-9-5-8-20(26)23(21)32(25)19-7-3-4-14-31(16-19)22(33)10-6-12-27-2/h5-6,8-11,13,15,19,27H,3-4,7,12,14,16H2,1-2H3,(H,29,30,34). The van der Waals surface area contributed by atoms with Crippen LogP contribution in [-0.2, 0) is 4.79 Å². The quantitative estimate of drug-likeness (QED) is 0.521. The Bertz CT molecular complexity index is 1220. The number of halogens is 1. The van der Waals surface area contributed by atoms with Gasteiger partial charge < -0.3 is 14.8 Å². The van der Waals surface area contributed by atoms with Crippen molar-refractivity contribution in [3.05, 3.63) is 65.0 Å². The van der Waals surface area contributed by atoms with Gasteiger partial charge in [0.2, 0.25) is 11.9 Å². The number of nitrogens with one attached hydrogen (secondary N) is 2. The summed E-state index contributed by atoms with van der Waals surface area (Å²) in [7, 11) is 1.84. The number of para-hydroxylation sites is 1. The van der Waals surface area contributed by atoms with Crippen molar-refractivity contribution in [2.75, 3.05) is 32.0 Å².